The zero-order valence-corrected chi connectivity index (χ0v) is 12.2. The molecule has 2 nitrogen and oxygen atoms in total. The maximum Gasteiger partial charge on any atom is 0.0943 e. The molecule has 0 aliphatic carbocycles. The molecule has 0 saturated carbocycles. The van der Waals surface area contributed by atoms with Gasteiger partial charge in [0.15, 0.2) is 0 Å². The quantitative estimate of drug-likeness (QED) is 0.895. The highest BCUT2D eigenvalue weighted by Gasteiger charge is 2.14. The zero-order chi connectivity index (χ0) is 13.0. The van der Waals surface area contributed by atoms with Gasteiger partial charge in [0.1, 0.15) is 0 Å². The summed E-state index contributed by atoms with van der Waals surface area (Å²) in [5, 5.41) is 7.50. The van der Waals surface area contributed by atoms with Crippen molar-refractivity contribution >= 4 is 22.9 Å². The Labute approximate surface area is 117 Å². The SMILES string of the molecule is CCNC(Cc1nccs1)c1ccc(Cl)cc1C. The summed E-state index contributed by atoms with van der Waals surface area (Å²) in [6, 6.07) is 6.39. The molecule has 1 aromatic carbocycles. The van der Waals surface area contributed by atoms with Crippen LogP contribution < -0.4 is 5.32 Å². The van der Waals surface area contributed by atoms with Crippen molar-refractivity contribution in [3.05, 3.63) is 50.9 Å². The third kappa shape index (κ3) is 3.31. The van der Waals surface area contributed by atoms with Gasteiger partial charge in [0.05, 0.1) is 5.01 Å². The molecule has 18 heavy (non-hydrogen) atoms. The van der Waals surface area contributed by atoms with Crippen molar-refractivity contribution < 1.29 is 0 Å². The van der Waals surface area contributed by atoms with Crippen molar-refractivity contribution in [3.63, 3.8) is 0 Å². The number of thiazole rings is 1. The second kappa shape index (κ2) is 6.32. The van der Waals surface area contributed by atoms with Gasteiger partial charge in [0.2, 0.25) is 0 Å². The summed E-state index contributed by atoms with van der Waals surface area (Å²) in [4.78, 5) is 4.36. The van der Waals surface area contributed by atoms with Gasteiger partial charge < -0.3 is 5.32 Å². The fourth-order valence-corrected chi connectivity index (χ4v) is 2.99. The van der Waals surface area contributed by atoms with E-state index in [9.17, 15) is 0 Å². The van der Waals surface area contributed by atoms with Gasteiger partial charge in [-0.15, -0.1) is 11.3 Å². The first kappa shape index (κ1) is 13.5. The Balaban J connectivity index is 2.23. The molecule has 0 aliphatic heterocycles. The van der Waals surface area contributed by atoms with Crippen LogP contribution in [0.15, 0.2) is 29.8 Å². The highest BCUT2D eigenvalue weighted by atomic mass is 35.5. The summed E-state index contributed by atoms with van der Waals surface area (Å²) in [5.41, 5.74) is 2.53. The molecular formula is C14H17ClN2S. The number of benzene rings is 1. The molecule has 1 heterocycles. The molecule has 1 unspecified atom stereocenters. The van der Waals surface area contributed by atoms with Crippen LogP contribution in [-0.4, -0.2) is 11.5 Å². The Morgan fingerprint density at radius 2 is 2.28 bits per heavy atom. The molecule has 96 valence electrons. The van der Waals surface area contributed by atoms with E-state index in [2.05, 4.69) is 30.2 Å². The molecule has 2 rings (SSSR count). The highest BCUT2D eigenvalue weighted by molar-refractivity contribution is 7.09. The van der Waals surface area contributed by atoms with Gasteiger partial charge in [-0.25, -0.2) is 4.98 Å². The smallest absolute Gasteiger partial charge is 0.0943 e. The number of hydrogen-bond donors (Lipinski definition) is 1. The average molecular weight is 281 g/mol. The Morgan fingerprint density at radius 3 is 2.89 bits per heavy atom. The van der Waals surface area contributed by atoms with Crippen LogP contribution in [-0.2, 0) is 6.42 Å². The first-order chi connectivity index (χ1) is 8.70. The molecule has 0 fully saturated rings. The number of nitrogens with one attached hydrogen (secondary N) is 1. The standard InChI is InChI=1S/C14H17ClN2S/c1-3-16-13(9-14-17-6-7-18-14)12-5-4-11(15)8-10(12)2/h4-8,13,16H,3,9H2,1-2H3. The lowest BCUT2D eigenvalue weighted by Crippen LogP contribution is -2.23. The van der Waals surface area contributed by atoms with Crippen molar-refractivity contribution in [1.29, 1.82) is 0 Å². The Bertz CT molecular complexity index is 497. The summed E-state index contributed by atoms with van der Waals surface area (Å²) in [6.45, 7) is 5.17. The van der Waals surface area contributed by atoms with Gasteiger partial charge in [-0.1, -0.05) is 24.6 Å². The van der Waals surface area contributed by atoms with Crippen molar-refractivity contribution in [2.45, 2.75) is 26.3 Å². The lowest BCUT2D eigenvalue weighted by atomic mass is 9.99. The third-order valence-electron chi connectivity index (χ3n) is 2.92. The van der Waals surface area contributed by atoms with E-state index in [1.807, 2.05) is 23.7 Å². The van der Waals surface area contributed by atoms with Gasteiger partial charge >= 0.3 is 0 Å². The van der Waals surface area contributed by atoms with Crippen LogP contribution in [0, 0.1) is 6.92 Å². The number of hydrogen-bond acceptors (Lipinski definition) is 3. The fraction of sp³-hybridized carbons (Fsp3) is 0.357. The van der Waals surface area contributed by atoms with Crippen LogP contribution in [0.25, 0.3) is 0 Å². The molecule has 1 aromatic heterocycles. The van der Waals surface area contributed by atoms with E-state index < -0.39 is 0 Å². The van der Waals surface area contributed by atoms with Gasteiger partial charge in [0, 0.05) is 29.1 Å². The van der Waals surface area contributed by atoms with Gasteiger partial charge in [-0.05, 0) is 36.7 Å². The predicted octanol–water partition coefficient (Wildman–Crippen LogP) is 4.00. The number of halogens is 1. The average Bonchev–Trinajstić information content (AvgIpc) is 2.81. The summed E-state index contributed by atoms with van der Waals surface area (Å²) >= 11 is 7.71. The molecular weight excluding hydrogens is 264 g/mol. The minimum Gasteiger partial charge on any atom is -0.310 e. The Hall–Kier alpha value is -0.900. The van der Waals surface area contributed by atoms with Gasteiger partial charge in [0.25, 0.3) is 0 Å². The van der Waals surface area contributed by atoms with Crippen LogP contribution in [0.4, 0.5) is 0 Å². The molecule has 4 heteroatoms. The van der Waals surface area contributed by atoms with E-state index in [4.69, 9.17) is 11.6 Å². The van der Waals surface area contributed by atoms with Crippen molar-refractivity contribution in [2.75, 3.05) is 6.54 Å². The second-order valence-electron chi connectivity index (χ2n) is 4.24. The number of nitrogens with zero attached hydrogens (tertiary/aromatic N) is 1. The molecule has 0 spiro atoms. The van der Waals surface area contributed by atoms with E-state index in [0.29, 0.717) is 6.04 Å². The molecule has 0 saturated heterocycles. The normalized spacial score (nSPS) is 12.6. The maximum atomic E-state index is 6.01. The molecule has 1 N–H and O–H groups in total. The highest BCUT2D eigenvalue weighted by Crippen LogP contribution is 2.25. The van der Waals surface area contributed by atoms with E-state index in [0.717, 1.165) is 23.0 Å². The van der Waals surface area contributed by atoms with E-state index in [1.54, 1.807) is 11.3 Å². The monoisotopic (exact) mass is 280 g/mol. The van der Waals surface area contributed by atoms with Crippen LogP contribution in [0.5, 0.6) is 0 Å². The maximum absolute atomic E-state index is 6.01. The molecule has 1 atom stereocenters. The molecule has 0 aliphatic rings. The molecule has 0 amide bonds. The largest absolute Gasteiger partial charge is 0.310 e. The summed E-state index contributed by atoms with van der Waals surface area (Å²) in [7, 11) is 0. The summed E-state index contributed by atoms with van der Waals surface area (Å²) < 4.78 is 0. The molecule has 0 bridgehead atoms. The minimum absolute atomic E-state index is 0.304. The first-order valence-electron chi connectivity index (χ1n) is 6.08. The number of likely N-dealkylation sites (N-methyl/N-ethyl adjacent to an activating group) is 1. The van der Waals surface area contributed by atoms with E-state index in [1.165, 1.54) is 11.1 Å². The zero-order valence-electron chi connectivity index (χ0n) is 10.6. The van der Waals surface area contributed by atoms with E-state index >= 15 is 0 Å². The predicted molar refractivity (Wildman–Crippen MR) is 78.4 cm³/mol. The Morgan fingerprint density at radius 1 is 1.44 bits per heavy atom. The third-order valence-corrected chi connectivity index (χ3v) is 3.96. The van der Waals surface area contributed by atoms with Crippen molar-refractivity contribution in [2.24, 2.45) is 0 Å². The summed E-state index contributed by atoms with van der Waals surface area (Å²) in [6.07, 6.45) is 2.78. The fourth-order valence-electron chi connectivity index (χ4n) is 2.10. The molecule has 2 aromatic rings. The second-order valence-corrected chi connectivity index (χ2v) is 5.66. The van der Waals surface area contributed by atoms with Crippen molar-refractivity contribution in [3.8, 4) is 0 Å². The van der Waals surface area contributed by atoms with E-state index in [-0.39, 0.29) is 0 Å². The first-order valence-corrected chi connectivity index (χ1v) is 7.34. The minimum atomic E-state index is 0.304. The number of aromatic nitrogens is 1. The summed E-state index contributed by atoms with van der Waals surface area (Å²) in [5.74, 6) is 0. The topological polar surface area (TPSA) is 24.9 Å². The van der Waals surface area contributed by atoms with Crippen LogP contribution in [0.3, 0.4) is 0 Å². The lowest BCUT2D eigenvalue weighted by Gasteiger charge is -2.19. The van der Waals surface area contributed by atoms with Gasteiger partial charge in [-0.2, -0.15) is 0 Å². The van der Waals surface area contributed by atoms with Crippen LogP contribution in [0.2, 0.25) is 5.02 Å². The lowest BCUT2D eigenvalue weighted by molar-refractivity contribution is 0.546. The van der Waals surface area contributed by atoms with Crippen LogP contribution >= 0.6 is 22.9 Å². The number of rotatable bonds is 5. The number of aryl methyl sites for hydroxylation is 1. The Kier molecular flexibility index (Phi) is 4.75. The van der Waals surface area contributed by atoms with Crippen molar-refractivity contribution in [1.82, 2.24) is 10.3 Å². The van der Waals surface area contributed by atoms with Gasteiger partial charge in [-0.3, -0.25) is 0 Å². The van der Waals surface area contributed by atoms with Crippen LogP contribution in [0.1, 0.15) is 29.1 Å². The molecule has 0 radical (unpaired) electrons.